The largest absolute Gasteiger partial charge is 0.373 e. The van der Waals surface area contributed by atoms with E-state index in [4.69, 9.17) is 4.74 Å². The molecule has 1 heterocycles. The van der Waals surface area contributed by atoms with E-state index in [1.165, 1.54) is 32.0 Å². The quantitative estimate of drug-likeness (QED) is 0.384. The fraction of sp³-hybridized carbons (Fsp3) is 0.200. The molecule has 0 radical (unpaired) electrons. The van der Waals surface area contributed by atoms with Gasteiger partial charge in [0.1, 0.15) is 0 Å². The van der Waals surface area contributed by atoms with Crippen LogP contribution in [-0.4, -0.2) is 11.9 Å². The van der Waals surface area contributed by atoms with Gasteiger partial charge in [0.25, 0.3) is 0 Å². The molecule has 5 rings (SSSR count). The standard InChI is InChI=1S/C25H22OS/c1-3-7-20-15-22(10-9-18(20)5-1)25-17-24(13-14-26-25)27-23-12-11-19-6-2-4-8-21(19)16-23/h1-12,15-16,24-25H,13-14,17H2/t24-,25+/m0/s1. The van der Waals surface area contributed by atoms with E-state index in [2.05, 4.69) is 84.9 Å². The summed E-state index contributed by atoms with van der Waals surface area (Å²) in [6.07, 6.45) is 2.37. The van der Waals surface area contributed by atoms with Crippen molar-refractivity contribution in [3.8, 4) is 0 Å². The van der Waals surface area contributed by atoms with E-state index in [0.29, 0.717) is 5.25 Å². The monoisotopic (exact) mass is 370 g/mol. The van der Waals surface area contributed by atoms with Crippen LogP contribution in [0.3, 0.4) is 0 Å². The number of ether oxygens (including phenoxy) is 1. The number of fused-ring (bicyclic) bond motifs is 2. The Kier molecular flexibility index (Phi) is 4.61. The van der Waals surface area contributed by atoms with Crippen molar-refractivity contribution in [1.29, 1.82) is 0 Å². The Morgan fingerprint density at radius 1 is 0.704 bits per heavy atom. The fourth-order valence-corrected chi connectivity index (χ4v) is 5.16. The minimum atomic E-state index is 0.196. The Bertz CT molecular complexity index is 1090. The molecule has 1 fully saturated rings. The summed E-state index contributed by atoms with van der Waals surface area (Å²) in [6, 6.07) is 30.7. The zero-order chi connectivity index (χ0) is 18.1. The van der Waals surface area contributed by atoms with Gasteiger partial charge in [0.2, 0.25) is 0 Å². The highest BCUT2D eigenvalue weighted by molar-refractivity contribution is 8.00. The summed E-state index contributed by atoms with van der Waals surface area (Å²) in [5.74, 6) is 0. The molecule has 0 N–H and O–H groups in total. The molecule has 0 unspecified atom stereocenters. The molecule has 1 nitrogen and oxygen atoms in total. The van der Waals surface area contributed by atoms with Crippen LogP contribution >= 0.6 is 11.8 Å². The third-order valence-electron chi connectivity index (χ3n) is 5.40. The molecule has 4 aromatic rings. The number of benzene rings is 4. The average molecular weight is 371 g/mol. The second-order valence-corrected chi connectivity index (χ2v) is 8.61. The molecule has 1 saturated heterocycles. The highest BCUT2D eigenvalue weighted by Gasteiger charge is 2.25. The van der Waals surface area contributed by atoms with Gasteiger partial charge in [-0.25, -0.2) is 0 Å². The second kappa shape index (κ2) is 7.38. The van der Waals surface area contributed by atoms with E-state index >= 15 is 0 Å². The maximum atomic E-state index is 6.14. The predicted octanol–water partition coefficient (Wildman–Crippen LogP) is 7.01. The summed E-state index contributed by atoms with van der Waals surface area (Å²) < 4.78 is 6.14. The number of hydrogen-bond acceptors (Lipinski definition) is 2. The van der Waals surface area contributed by atoms with Crippen LogP contribution in [0.1, 0.15) is 24.5 Å². The van der Waals surface area contributed by atoms with Gasteiger partial charge in [-0.05, 0) is 58.1 Å². The normalized spacial score (nSPS) is 20.1. The van der Waals surface area contributed by atoms with Gasteiger partial charge in [-0.15, -0.1) is 11.8 Å². The number of thioether (sulfide) groups is 1. The molecular formula is C25H22OS. The third-order valence-corrected chi connectivity index (χ3v) is 6.69. The van der Waals surface area contributed by atoms with Crippen LogP contribution in [0.15, 0.2) is 89.8 Å². The molecule has 0 aliphatic carbocycles. The first-order chi connectivity index (χ1) is 13.3. The van der Waals surface area contributed by atoms with Gasteiger partial charge in [-0.1, -0.05) is 66.7 Å². The second-order valence-electron chi connectivity index (χ2n) is 7.24. The van der Waals surface area contributed by atoms with Crippen LogP contribution in [0, 0.1) is 0 Å². The van der Waals surface area contributed by atoms with Gasteiger partial charge in [-0.3, -0.25) is 0 Å². The van der Waals surface area contributed by atoms with E-state index in [1.807, 2.05) is 11.8 Å². The summed E-state index contributed by atoms with van der Waals surface area (Å²) in [6.45, 7) is 0.836. The smallest absolute Gasteiger partial charge is 0.0835 e. The van der Waals surface area contributed by atoms with Crippen molar-refractivity contribution >= 4 is 33.3 Å². The molecule has 0 bridgehead atoms. The Morgan fingerprint density at radius 2 is 1.37 bits per heavy atom. The topological polar surface area (TPSA) is 9.23 Å². The van der Waals surface area contributed by atoms with Crippen molar-refractivity contribution in [2.24, 2.45) is 0 Å². The van der Waals surface area contributed by atoms with Crippen molar-refractivity contribution in [3.05, 3.63) is 90.5 Å². The lowest BCUT2D eigenvalue weighted by atomic mass is 9.98. The highest BCUT2D eigenvalue weighted by atomic mass is 32.2. The lowest BCUT2D eigenvalue weighted by Gasteiger charge is -2.29. The SMILES string of the molecule is c1ccc2cc(S[C@H]3CCO[C@@H](c4ccc5ccccc5c4)C3)ccc2c1. The molecule has 4 aromatic carbocycles. The van der Waals surface area contributed by atoms with E-state index < -0.39 is 0 Å². The Morgan fingerprint density at radius 3 is 2.15 bits per heavy atom. The minimum Gasteiger partial charge on any atom is -0.373 e. The first-order valence-corrected chi connectivity index (χ1v) is 10.5. The molecule has 1 aliphatic heterocycles. The van der Waals surface area contributed by atoms with Gasteiger partial charge >= 0.3 is 0 Å². The summed E-state index contributed by atoms with van der Waals surface area (Å²) in [5.41, 5.74) is 1.30. The Balaban J connectivity index is 1.34. The molecule has 2 heteroatoms. The summed E-state index contributed by atoms with van der Waals surface area (Å²) in [5, 5.41) is 5.81. The zero-order valence-corrected chi connectivity index (χ0v) is 16.0. The zero-order valence-electron chi connectivity index (χ0n) is 15.2. The summed E-state index contributed by atoms with van der Waals surface area (Å²) >= 11 is 2.00. The van der Waals surface area contributed by atoms with Crippen LogP contribution in [0.25, 0.3) is 21.5 Å². The Hall–Kier alpha value is -2.29. The van der Waals surface area contributed by atoms with Crippen molar-refractivity contribution < 1.29 is 4.74 Å². The number of rotatable bonds is 3. The summed E-state index contributed by atoms with van der Waals surface area (Å²) in [4.78, 5) is 1.36. The predicted molar refractivity (Wildman–Crippen MR) is 115 cm³/mol. The third kappa shape index (κ3) is 3.60. The van der Waals surface area contributed by atoms with E-state index in [1.54, 1.807) is 0 Å². The highest BCUT2D eigenvalue weighted by Crippen LogP contribution is 2.38. The van der Waals surface area contributed by atoms with Crippen LogP contribution < -0.4 is 0 Å². The van der Waals surface area contributed by atoms with E-state index in [0.717, 1.165) is 19.4 Å². The summed E-state index contributed by atoms with van der Waals surface area (Å²) in [7, 11) is 0. The van der Waals surface area contributed by atoms with Crippen molar-refractivity contribution in [2.75, 3.05) is 6.61 Å². The van der Waals surface area contributed by atoms with Gasteiger partial charge in [0.15, 0.2) is 0 Å². The molecule has 27 heavy (non-hydrogen) atoms. The lowest BCUT2D eigenvalue weighted by molar-refractivity contribution is 0.0179. The van der Waals surface area contributed by atoms with Gasteiger partial charge in [0, 0.05) is 16.8 Å². The average Bonchev–Trinajstić information content (AvgIpc) is 2.73. The first kappa shape index (κ1) is 16.9. The molecule has 2 atom stereocenters. The van der Waals surface area contributed by atoms with Crippen molar-refractivity contribution in [1.82, 2.24) is 0 Å². The van der Waals surface area contributed by atoms with Crippen molar-refractivity contribution in [3.63, 3.8) is 0 Å². The van der Waals surface area contributed by atoms with Gasteiger partial charge < -0.3 is 4.74 Å². The maximum absolute atomic E-state index is 6.14. The van der Waals surface area contributed by atoms with Gasteiger partial charge in [0.05, 0.1) is 6.10 Å². The van der Waals surface area contributed by atoms with E-state index in [-0.39, 0.29) is 6.10 Å². The van der Waals surface area contributed by atoms with Gasteiger partial charge in [-0.2, -0.15) is 0 Å². The molecule has 0 amide bonds. The molecule has 134 valence electrons. The molecule has 1 aliphatic rings. The van der Waals surface area contributed by atoms with Crippen LogP contribution in [-0.2, 0) is 4.74 Å². The molecular weight excluding hydrogens is 348 g/mol. The van der Waals surface area contributed by atoms with Crippen LogP contribution in [0.5, 0.6) is 0 Å². The first-order valence-electron chi connectivity index (χ1n) is 9.61. The number of hydrogen-bond donors (Lipinski definition) is 0. The van der Waals surface area contributed by atoms with E-state index in [9.17, 15) is 0 Å². The Labute approximate surface area is 164 Å². The maximum Gasteiger partial charge on any atom is 0.0835 e. The van der Waals surface area contributed by atoms with Crippen molar-refractivity contribution in [2.45, 2.75) is 29.1 Å². The minimum absolute atomic E-state index is 0.196. The molecule has 0 saturated carbocycles. The lowest BCUT2D eigenvalue weighted by Crippen LogP contribution is -2.21. The van der Waals surface area contributed by atoms with Crippen LogP contribution in [0.2, 0.25) is 0 Å². The van der Waals surface area contributed by atoms with Crippen LogP contribution in [0.4, 0.5) is 0 Å². The molecule has 0 aromatic heterocycles. The molecule has 0 spiro atoms. The fourth-order valence-electron chi connectivity index (χ4n) is 3.95.